The van der Waals surface area contributed by atoms with E-state index in [-0.39, 0.29) is 0 Å². The van der Waals surface area contributed by atoms with Gasteiger partial charge in [0.1, 0.15) is 6.67 Å². The summed E-state index contributed by atoms with van der Waals surface area (Å²) in [6.07, 6.45) is 3.39. The highest BCUT2D eigenvalue weighted by molar-refractivity contribution is 6.46. The Labute approximate surface area is 103 Å². The van der Waals surface area contributed by atoms with Crippen LogP contribution in [0.3, 0.4) is 0 Å². The predicted octanol–water partition coefficient (Wildman–Crippen LogP) is 0.169. The van der Waals surface area contributed by atoms with Crippen molar-refractivity contribution in [1.29, 1.82) is 0 Å². The summed E-state index contributed by atoms with van der Waals surface area (Å²) < 4.78 is 0. The number of nitrogens with zero attached hydrogens (tertiary/aromatic N) is 3. The number of rotatable bonds is 1. The third-order valence-corrected chi connectivity index (χ3v) is 2.89. The van der Waals surface area contributed by atoms with Crippen LogP contribution < -0.4 is 16.2 Å². The molecule has 0 atom stereocenters. The summed E-state index contributed by atoms with van der Waals surface area (Å²) in [4.78, 5) is 21.9. The Hall–Kier alpha value is -2.47. The van der Waals surface area contributed by atoms with E-state index in [1.54, 1.807) is 12.4 Å². The number of carbonyl (C=O) groups is 1. The van der Waals surface area contributed by atoms with E-state index in [0.29, 0.717) is 18.1 Å². The van der Waals surface area contributed by atoms with Gasteiger partial charge in [-0.1, -0.05) is 18.2 Å². The number of aliphatic imine (C=N–C) groups is 2. The number of anilines is 1. The van der Waals surface area contributed by atoms with Crippen molar-refractivity contribution in [2.24, 2.45) is 15.8 Å². The molecule has 6 heteroatoms. The Bertz CT molecular complexity index is 602. The molecule has 1 aromatic rings. The standard InChI is InChI=1S/C12H11N5O/c13-16-12(18)11-10-6-14-5-8-3-1-2-4-9(8)17(10)7-15-11/h1-6H,7,13H2,(H,16,18). The van der Waals surface area contributed by atoms with Crippen LogP contribution in [-0.4, -0.2) is 24.5 Å². The van der Waals surface area contributed by atoms with Crippen LogP contribution in [0.5, 0.6) is 0 Å². The molecular weight excluding hydrogens is 230 g/mol. The molecule has 0 bridgehead atoms. The van der Waals surface area contributed by atoms with Gasteiger partial charge in [-0.15, -0.1) is 0 Å². The van der Waals surface area contributed by atoms with Gasteiger partial charge in [-0.05, 0) is 6.07 Å². The van der Waals surface area contributed by atoms with Gasteiger partial charge in [0.05, 0.1) is 17.6 Å². The van der Waals surface area contributed by atoms with Gasteiger partial charge in [-0.2, -0.15) is 0 Å². The first-order valence-corrected chi connectivity index (χ1v) is 5.47. The number of carbonyl (C=O) groups excluding carboxylic acids is 1. The van der Waals surface area contributed by atoms with Crippen molar-refractivity contribution in [1.82, 2.24) is 5.43 Å². The molecule has 3 N–H and O–H groups in total. The first-order valence-electron chi connectivity index (χ1n) is 5.47. The molecule has 6 nitrogen and oxygen atoms in total. The second-order valence-electron chi connectivity index (χ2n) is 3.90. The minimum Gasteiger partial charge on any atom is -0.317 e. The van der Waals surface area contributed by atoms with Crippen LogP contribution >= 0.6 is 0 Å². The average Bonchev–Trinajstić information content (AvgIpc) is 2.74. The molecule has 1 aromatic carbocycles. The molecule has 90 valence electrons. The quantitative estimate of drug-likeness (QED) is 0.417. The Morgan fingerprint density at radius 2 is 2.22 bits per heavy atom. The number of hydrogen-bond donors (Lipinski definition) is 2. The van der Waals surface area contributed by atoms with Gasteiger partial charge in [0.15, 0.2) is 5.71 Å². The van der Waals surface area contributed by atoms with Crippen LogP contribution in [0.1, 0.15) is 5.56 Å². The highest BCUT2D eigenvalue weighted by atomic mass is 16.2. The lowest BCUT2D eigenvalue weighted by molar-refractivity contribution is -0.114. The predicted molar refractivity (Wildman–Crippen MR) is 69.2 cm³/mol. The molecule has 0 aliphatic carbocycles. The van der Waals surface area contributed by atoms with Crippen molar-refractivity contribution in [2.75, 3.05) is 11.6 Å². The molecule has 0 radical (unpaired) electrons. The average molecular weight is 241 g/mol. The minimum atomic E-state index is -0.404. The number of benzene rings is 1. The first kappa shape index (κ1) is 10.7. The van der Waals surface area contributed by atoms with Crippen LogP contribution in [0.2, 0.25) is 0 Å². The number of hydrogen-bond acceptors (Lipinski definition) is 5. The fourth-order valence-electron chi connectivity index (χ4n) is 2.05. The van der Waals surface area contributed by atoms with E-state index >= 15 is 0 Å². The zero-order valence-electron chi connectivity index (χ0n) is 9.50. The Morgan fingerprint density at radius 1 is 1.39 bits per heavy atom. The molecule has 2 heterocycles. The highest BCUT2D eigenvalue weighted by Crippen LogP contribution is 2.28. The lowest BCUT2D eigenvalue weighted by Gasteiger charge is -2.19. The van der Waals surface area contributed by atoms with Gasteiger partial charge in [0.2, 0.25) is 0 Å². The normalized spacial score (nSPS) is 16.4. The maximum absolute atomic E-state index is 11.6. The van der Waals surface area contributed by atoms with Gasteiger partial charge in [0, 0.05) is 11.8 Å². The molecule has 18 heavy (non-hydrogen) atoms. The maximum Gasteiger partial charge on any atom is 0.285 e. The maximum atomic E-state index is 11.6. The Balaban J connectivity index is 2.06. The monoisotopic (exact) mass is 241 g/mol. The van der Waals surface area contributed by atoms with Gasteiger partial charge in [0.25, 0.3) is 5.91 Å². The molecule has 2 aliphatic rings. The van der Waals surface area contributed by atoms with E-state index in [1.807, 2.05) is 29.2 Å². The zero-order chi connectivity index (χ0) is 12.5. The molecule has 0 fully saturated rings. The summed E-state index contributed by atoms with van der Waals surface area (Å²) in [5.41, 5.74) is 5.05. The zero-order valence-corrected chi connectivity index (χ0v) is 9.50. The van der Waals surface area contributed by atoms with E-state index < -0.39 is 5.91 Å². The second-order valence-corrected chi connectivity index (χ2v) is 3.90. The fourth-order valence-corrected chi connectivity index (χ4v) is 2.05. The van der Waals surface area contributed by atoms with Crippen LogP contribution in [0, 0.1) is 0 Å². The van der Waals surface area contributed by atoms with E-state index in [9.17, 15) is 4.79 Å². The van der Waals surface area contributed by atoms with E-state index in [0.717, 1.165) is 11.3 Å². The molecular formula is C12H11N5O. The van der Waals surface area contributed by atoms with Crippen molar-refractivity contribution >= 4 is 23.5 Å². The molecule has 1 amide bonds. The SMILES string of the molecule is NNC(=O)C1=NCN2C1=CN=Cc1ccccc12. The molecule has 0 spiro atoms. The van der Waals surface area contributed by atoms with Gasteiger partial charge in [-0.3, -0.25) is 20.2 Å². The highest BCUT2D eigenvalue weighted by Gasteiger charge is 2.29. The van der Waals surface area contributed by atoms with E-state index in [4.69, 9.17) is 5.84 Å². The molecule has 0 saturated heterocycles. The number of amides is 1. The largest absolute Gasteiger partial charge is 0.317 e. The summed E-state index contributed by atoms with van der Waals surface area (Å²) in [5.74, 6) is 4.74. The minimum absolute atomic E-state index is 0.311. The van der Waals surface area contributed by atoms with Gasteiger partial charge < -0.3 is 4.90 Å². The van der Waals surface area contributed by atoms with Gasteiger partial charge >= 0.3 is 0 Å². The smallest absolute Gasteiger partial charge is 0.285 e. The molecule has 2 aliphatic heterocycles. The summed E-state index contributed by atoms with van der Waals surface area (Å²) in [7, 11) is 0. The van der Waals surface area contributed by atoms with Crippen molar-refractivity contribution < 1.29 is 4.79 Å². The third kappa shape index (κ3) is 1.51. The Morgan fingerprint density at radius 3 is 3.06 bits per heavy atom. The summed E-state index contributed by atoms with van der Waals surface area (Å²) in [5, 5.41) is 0. The van der Waals surface area contributed by atoms with Crippen LogP contribution in [0.15, 0.2) is 46.1 Å². The molecule has 0 aromatic heterocycles. The molecule has 3 rings (SSSR count). The summed E-state index contributed by atoms with van der Waals surface area (Å²) in [6, 6.07) is 7.83. The number of nitrogens with one attached hydrogen (secondary N) is 1. The molecule has 0 unspecified atom stereocenters. The van der Waals surface area contributed by atoms with Crippen LogP contribution in [0.4, 0.5) is 5.69 Å². The van der Waals surface area contributed by atoms with Gasteiger partial charge in [-0.25, -0.2) is 5.84 Å². The van der Waals surface area contributed by atoms with E-state index in [2.05, 4.69) is 15.4 Å². The first-order chi connectivity index (χ1) is 8.81. The van der Waals surface area contributed by atoms with Crippen molar-refractivity contribution in [3.63, 3.8) is 0 Å². The summed E-state index contributed by atoms with van der Waals surface area (Å²) in [6.45, 7) is 0.398. The van der Waals surface area contributed by atoms with Crippen LogP contribution in [0.25, 0.3) is 0 Å². The Kier molecular flexibility index (Phi) is 2.42. The van der Waals surface area contributed by atoms with E-state index in [1.165, 1.54) is 0 Å². The van der Waals surface area contributed by atoms with Crippen LogP contribution in [-0.2, 0) is 4.79 Å². The second kappa shape index (κ2) is 4.08. The van der Waals surface area contributed by atoms with Crippen molar-refractivity contribution in [3.05, 3.63) is 41.7 Å². The number of hydrazine groups is 1. The topological polar surface area (TPSA) is 83.1 Å². The molecule has 0 saturated carbocycles. The van der Waals surface area contributed by atoms with Crippen molar-refractivity contribution in [2.45, 2.75) is 0 Å². The lowest BCUT2D eigenvalue weighted by Crippen LogP contribution is -2.37. The lowest BCUT2D eigenvalue weighted by atomic mass is 10.1. The number of para-hydroxylation sites is 1. The summed E-state index contributed by atoms with van der Waals surface area (Å²) >= 11 is 0. The third-order valence-electron chi connectivity index (χ3n) is 2.89. The number of nitrogens with two attached hydrogens (primary N) is 1. The number of fused-ring (bicyclic) bond motifs is 3. The fraction of sp³-hybridized carbons (Fsp3) is 0.0833. The van der Waals surface area contributed by atoms with Crippen molar-refractivity contribution in [3.8, 4) is 0 Å².